The van der Waals surface area contributed by atoms with Gasteiger partial charge in [0.25, 0.3) is 0 Å². The van der Waals surface area contributed by atoms with Gasteiger partial charge in [0.15, 0.2) is 0 Å². The Labute approximate surface area is 157 Å². The molecule has 0 aromatic heterocycles. The van der Waals surface area contributed by atoms with Crippen molar-refractivity contribution in [2.75, 3.05) is 18.9 Å². The average molecular weight is 411 g/mol. The van der Waals surface area contributed by atoms with Gasteiger partial charge in [-0.1, -0.05) is 26.2 Å². The van der Waals surface area contributed by atoms with Crippen molar-refractivity contribution in [3.05, 3.63) is 27.7 Å². The van der Waals surface area contributed by atoms with E-state index in [0.29, 0.717) is 31.0 Å². The number of nitrogen functional groups attached to an aromatic ring is 1. The molecule has 1 aromatic carbocycles. The Morgan fingerprint density at radius 2 is 2.12 bits per heavy atom. The number of nitrogens with one attached hydrogen (secondary N) is 1. The maximum absolute atomic E-state index is 12.3. The van der Waals surface area contributed by atoms with E-state index in [1.165, 1.54) is 32.1 Å². The monoisotopic (exact) mass is 410 g/mol. The Hall–Kier alpha value is -1.11. The number of epoxide rings is 1. The minimum Gasteiger partial charge on any atom is -0.459 e. The zero-order chi connectivity index (χ0) is 17.9. The second-order valence-electron chi connectivity index (χ2n) is 7.13. The lowest BCUT2D eigenvalue weighted by atomic mass is 9.79. The van der Waals surface area contributed by atoms with Gasteiger partial charge in [-0.25, -0.2) is 4.79 Å². The van der Waals surface area contributed by atoms with Crippen LogP contribution in [-0.2, 0) is 16.0 Å². The Morgan fingerprint density at radius 1 is 1.40 bits per heavy atom. The van der Waals surface area contributed by atoms with Crippen LogP contribution in [0.5, 0.6) is 0 Å². The lowest BCUT2D eigenvalue weighted by Gasteiger charge is -2.38. The third-order valence-corrected chi connectivity index (χ3v) is 6.05. The fourth-order valence-electron chi connectivity index (χ4n) is 3.52. The van der Waals surface area contributed by atoms with E-state index in [1.807, 2.05) is 6.07 Å². The van der Waals surface area contributed by atoms with Gasteiger partial charge in [-0.15, -0.1) is 0 Å². The van der Waals surface area contributed by atoms with Crippen LogP contribution in [0.1, 0.15) is 61.4 Å². The summed E-state index contributed by atoms with van der Waals surface area (Å²) in [6, 6.07) is 3.57. The van der Waals surface area contributed by atoms with Crippen LogP contribution < -0.4 is 11.1 Å². The molecule has 1 aliphatic heterocycles. The lowest BCUT2D eigenvalue weighted by molar-refractivity contribution is 0.0476. The fraction of sp³-hybridized carbons (Fsp3) is 0.632. The first-order chi connectivity index (χ1) is 12.0. The van der Waals surface area contributed by atoms with Gasteiger partial charge in [-0.2, -0.15) is 0 Å². The molecular formula is C19H27BrN2O3. The highest BCUT2D eigenvalue weighted by Crippen LogP contribution is 2.32. The van der Waals surface area contributed by atoms with Crippen molar-refractivity contribution >= 4 is 27.6 Å². The molecule has 25 heavy (non-hydrogen) atoms. The molecule has 1 heterocycles. The first kappa shape index (κ1) is 18.7. The first-order valence-electron chi connectivity index (χ1n) is 9.15. The molecule has 1 saturated heterocycles. The summed E-state index contributed by atoms with van der Waals surface area (Å²) in [6.45, 7) is 3.89. The summed E-state index contributed by atoms with van der Waals surface area (Å²) >= 11 is 3.47. The Morgan fingerprint density at radius 3 is 2.76 bits per heavy atom. The lowest BCUT2D eigenvalue weighted by Crippen LogP contribution is -2.45. The van der Waals surface area contributed by atoms with E-state index in [1.54, 1.807) is 6.07 Å². The maximum Gasteiger partial charge on any atom is 0.338 e. The number of esters is 1. The van der Waals surface area contributed by atoms with Crippen LogP contribution in [0.3, 0.4) is 0 Å². The molecule has 0 radical (unpaired) electrons. The van der Waals surface area contributed by atoms with Crippen molar-refractivity contribution in [1.29, 1.82) is 0 Å². The summed E-state index contributed by atoms with van der Waals surface area (Å²) in [5, 5.41) is 3.72. The molecule has 0 bridgehead atoms. The van der Waals surface area contributed by atoms with E-state index in [2.05, 4.69) is 28.2 Å². The molecule has 1 unspecified atom stereocenters. The average Bonchev–Trinajstić information content (AvgIpc) is 3.46. The minimum absolute atomic E-state index is 0.0676. The molecular weight excluding hydrogens is 384 g/mol. The maximum atomic E-state index is 12.3. The largest absolute Gasteiger partial charge is 0.459 e. The summed E-state index contributed by atoms with van der Waals surface area (Å²) in [5.41, 5.74) is 8.55. The number of ether oxygens (including phenoxy) is 2. The topological polar surface area (TPSA) is 76.9 Å². The SMILES string of the molecule is CCC1(NCc2cc(C(=O)OCC3CO3)cc(Br)c2N)CCCCC1. The standard InChI is InChI=1S/C19H27BrN2O3/c1-2-19(6-4-3-5-7-19)22-10-14-8-13(9-16(20)17(14)21)18(23)25-12-15-11-24-15/h8-9,15,22H,2-7,10-12,21H2,1H3. The Kier molecular flexibility index (Phi) is 6.02. The number of hydrogen-bond acceptors (Lipinski definition) is 5. The number of carbonyl (C=O) groups is 1. The van der Waals surface area contributed by atoms with Crippen LogP contribution in [0.2, 0.25) is 0 Å². The normalized spacial score (nSPS) is 21.8. The molecule has 5 nitrogen and oxygen atoms in total. The molecule has 6 heteroatoms. The van der Waals surface area contributed by atoms with Crippen molar-refractivity contribution in [1.82, 2.24) is 5.32 Å². The third kappa shape index (κ3) is 4.74. The van der Waals surface area contributed by atoms with Gasteiger partial charge < -0.3 is 20.5 Å². The summed E-state index contributed by atoms with van der Waals surface area (Å²) in [6.07, 6.45) is 7.45. The third-order valence-electron chi connectivity index (χ3n) is 5.39. The summed E-state index contributed by atoms with van der Waals surface area (Å²) < 4.78 is 11.1. The molecule has 1 aliphatic carbocycles. The zero-order valence-electron chi connectivity index (χ0n) is 14.8. The highest BCUT2D eigenvalue weighted by Gasteiger charge is 2.30. The molecule has 3 N–H and O–H groups in total. The fourth-order valence-corrected chi connectivity index (χ4v) is 4.02. The minimum atomic E-state index is -0.333. The van der Waals surface area contributed by atoms with Gasteiger partial charge in [0.1, 0.15) is 12.7 Å². The van der Waals surface area contributed by atoms with Crippen molar-refractivity contribution in [3.8, 4) is 0 Å². The van der Waals surface area contributed by atoms with Gasteiger partial charge in [-0.3, -0.25) is 0 Å². The Bertz CT molecular complexity index is 625. The van der Waals surface area contributed by atoms with E-state index in [-0.39, 0.29) is 17.6 Å². The number of benzene rings is 1. The second-order valence-corrected chi connectivity index (χ2v) is 7.99. The van der Waals surface area contributed by atoms with Gasteiger partial charge in [0.2, 0.25) is 0 Å². The molecule has 138 valence electrons. The zero-order valence-corrected chi connectivity index (χ0v) is 16.4. The molecule has 1 saturated carbocycles. The highest BCUT2D eigenvalue weighted by molar-refractivity contribution is 9.10. The van der Waals surface area contributed by atoms with Crippen molar-refractivity contribution < 1.29 is 14.3 Å². The van der Waals surface area contributed by atoms with Crippen LogP contribution in [0.25, 0.3) is 0 Å². The van der Waals surface area contributed by atoms with E-state index in [9.17, 15) is 4.79 Å². The van der Waals surface area contributed by atoms with E-state index in [0.717, 1.165) is 16.5 Å². The van der Waals surface area contributed by atoms with Crippen LogP contribution >= 0.6 is 15.9 Å². The first-order valence-corrected chi connectivity index (χ1v) is 9.94. The van der Waals surface area contributed by atoms with E-state index in [4.69, 9.17) is 15.2 Å². The molecule has 1 atom stereocenters. The van der Waals surface area contributed by atoms with Gasteiger partial charge in [0.05, 0.1) is 17.9 Å². The number of nitrogens with two attached hydrogens (primary N) is 1. The number of anilines is 1. The van der Waals surface area contributed by atoms with Gasteiger partial charge >= 0.3 is 5.97 Å². The number of carbonyl (C=O) groups excluding carboxylic acids is 1. The van der Waals surface area contributed by atoms with Crippen LogP contribution in [0, 0.1) is 0 Å². The van der Waals surface area contributed by atoms with E-state index < -0.39 is 0 Å². The summed E-state index contributed by atoms with van der Waals surface area (Å²) in [7, 11) is 0. The van der Waals surface area contributed by atoms with Crippen molar-refractivity contribution in [3.63, 3.8) is 0 Å². The second kappa shape index (κ2) is 8.06. The van der Waals surface area contributed by atoms with Gasteiger partial charge in [0, 0.05) is 16.6 Å². The number of halogens is 1. The Balaban J connectivity index is 1.69. The predicted molar refractivity (Wildman–Crippen MR) is 102 cm³/mol. The number of rotatable bonds is 7. The summed E-state index contributed by atoms with van der Waals surface area (Å²) in [5.74, 6) is -0.333. The quantitative estimate of drug-likeness (QED) is 0.406. The molecule has 2 fully saturated rings. The number of hydrogen-bond donors (Lipinski definition) is 2. The molecule has 3 rings (SSSR count). The highest BCUT2D eigenvalue weighted by atomic mass is 79.9. The van der Waals surface area contributed by atoms with Crippen LogP contribution in [-0.4, -0.2) is 30.8 Å². The van der Waals surface area contributed by atoms with Crippen molar-refractivity contribution in [2.24, 2.45) is 0 Å². The molecule has 1 aromatic rings. The smallest absolute Gasteiger partial charge is 0.338 e. The summed E-state index contributed by atoms with van der Waals surface area (Å²) in [4.78, 5) is 12.3. The molecule has 0 amide bonds. The molecule has 0 spiro atoms. The molecule has 2 aliphatic rings. The van der Waals surface area contributed by atoms with Gasteiger partial charge in [-0.05, 0) is 52.9 Å². The van der Waals surface area contributed by atoms with Crippen molar-refractivity contribution in [2.45, 2.75) is 63.6 Å². The predicted octanol–water partition coefficient (Wildman–Crippen LogP) is 3.79. The van der Waals surface area contributed by atoms with Crippen LogP contribution in [0.15, 0.2) is 16.6 Å². The van der Waals surface area contributed by atoms with E-state index >= 15 is 0 Å². The van der Waals surface area contributed by atoms with Crippen LogP contribution in [0.4, 0.5) is 5.69 Å².